The van der Waals surface area contributed by atoms with Crippen LogP contribution in [0.25, 0.3) is 0 Å². The number of aliphatic hydroxyl groups excluding tert-OH is 2. The quantitative estimate of drug-likeness (QED) is 0.833. The summed E-state index contributed by atoms with van der Waals surface area (Å²) in [5.41, 5.74) is 2.08. The molecule has 0 heterocycles. The Morgan fingerprint density at radius 2 is 1.37 bits per heavy atom. The van der Waals surface area contributed by atoms with Gasteiger partial charge in [0.05, 0.1) is 12.2 Å². The van der Waals surface area contributed by atoms with Gasteiger partial charge in [0, 0.05) is 6.42 Å². The maximum absolute atomic E-state index is 10.0. The van der Waals surface area contributed by atoms with Crippen molar-refractivity contribution in [1.82, 2.24) is 0 Å². The molecule has 0 saturated carbocycles. The first-order valence-electron chi connectivity index (χ1n) is 6.70. The Hall–Kier alpha value is -1.64. The van der Waals surface area contributed by atoms with E-state index in [1.165, 1.54) is 5.56 Å². The predicted molar refractivity (Wildman–Crippen MR) is 76.8 cm³/mol. The minimum Gasteiger partial charge on any atom is -0.393 e. The molecule has 2 aromatic carbocycles. The molecule has 19 heavy (non-hydrogen) atoms. The highest BCUT2D eigenvalue weighted by Gasteiger charge is 2.13. The Kier molecular flexibility index (Phi) is 5.13. The smallest absolute Gasteiger partial charge is 0.0814 e. The number of rotatable bonds is 6. The van der Waals surface area contributed by atoms with E-state index in [2.05, 4.69) is 12.1 Å². The summed E-state index contributed by atoms with van der Waals surface area (Å²) in [6, 6.07) is 19.6. The molecule has 2 heteroatoms. The van der Waals surface area contributed by atoms with Crippen LogP contribution in [0.15, 0.2) is 60.7 Å². The molecule has 0 aliphatic carbocycles. The van der Waals surface area contributed by atoms with Gasteiger partial charge in [-0.2, -0.15) is 0 Å². The molecule has 2 nitrogen and oxygen atoms in total. The van der Waals surface area contributed by atoms with E-state index in [4.69, 9.17) is 0 Å². The Morgan fingerprint density at radius 3 is 2.00 bits per heavy atom. The Bertz CT molecular complexity index is 467. The van der Waals surface area contributed by atoms with Crippen molar-refractivity contribution in [3.05, 3.63) is 71.8 Å². The van der Waals surface area contributed by atoms with Crippen molar-refractivity contribution in [2.75, 3.05) is 0 Å². The minimum absolute atomic E-state index is 0.386. The van der Waals surface area contributed by atoms with Crippen LogP contribution in [0.5, 0.6) is 0 Å². The zero-order valence-corrected chi connectivity index (χ0v) is 10.9. The van der Waals surface area contributed by atoms with Crippen LogP contribution in [0.3, 0.4) is 0 Å². The van der Waals surface area contributed by atoms with Gasteiger partial charge in [-0.1, -0.05) is 60.7 Å². The summed E-state index contributed by atoms with van der Waals surface area (Å²) < 4.78 is 0. The van der Waals surface area contributed by atoms with Crippen LogP contribution < -0.4 is 0 Å². The Balaban J connectivity index is 1.80. The van der Waals surface area contributed by atoms with Gasteiger partial charge in [0.25, 0.3) is 0 Å². The largest absolute Gasteiger partial charge is 0.393 e. The van der Waals surface area contributed by atoms with Crippen LogP contribution >= 0.6 is 0 Å². The normalized spacial score (nSPS) is 14.0. The molecule has 2 atom stereocenters. The highest BCUT2D eigenvalue weighted by atomic mass is 16.3. The second-order valence-corrected chi connectivity index (χ2v) is 4.84. The summed E-state index contributed by atoms with van der Waals surface area (Å²) >= 11 is 0. The maximum atomic E-state index is 10.0. The molecule has 2 rings (SSSR count). The lowest BCUT2D eigenvalue weighted by Crippen LogP contribution is -2.13. The molecule has 0 fully saturated rings. The summed E-state index contributed by atoms with van der Waals surface area (Å²) in [6.07, 6.45) is 0.830. The molecule has 0 spiro atoms. The first-order valence-corrected chi connectivity index (χ1v) is 6.70. The summed E-state index contributed by atoms with van der Waals surface area (Å²) in [7, 11) is 0. The SMILES string of the molecule is O[C@H](CCc1ccccc1)C[C@H](O)c1ccccc1. The van der Waals surface area contributed by atoms with Gasteiger partial charge in [0.1, 0.15) is 0 Å². The van der Waals surface area contributed by atoms with Crippen molar-refractivity contribution in [3.8, 4) is 0 Å². The van der Waals surface area contributed by atoms with Crippen LogP contribution in [-0.4, -0.2) is 16.3 Å². The second-order valence-electron chi connectivity index (χ2n) is 4.84. The maximum Gasteiger partial charge on any atom is 0.0814 e. The number of benzene rings is 2. The molecule has 0 radical (unpaired) electrons. The van der Waals surface area contributed by atoms with Crippen LogP contribution in [0.4, 0.5) is 0 Å². The van der Waals surface area contributed by atoms with Crippen LogP contribution in [0, 0.1) is 0 Å². The van der Waals surface area contributed by atoms with Crippen molar-refractivity contribution in [3.63, 3.8) is 0 Å². The highest BCUT2D eigenvalue weighted by molar-refractivity contribution is 5.17. The first kappa shape index (κ1) is 13.8. The predicted octanol–water partition coefficient (Wildman–Crippen LogP) is 3.10. The van der Waals surface area contributed by atoms with Gasteiger partial charge in [-0.3, -0.25) is 0 Å². The summed E-state index contributed by atoms with van der Waals surface area (Å²) in [6.45, 7) is 0. The fourth-order valence-corrected chi connectivity index (χ4v) is 2.16. The molecule has 0 aliphatic heterocycles. The van der Waals surface area contributed by atoms with Gasteiger partial charge >= 0.3 is 0 Å². The van der Waals surface area contributed by atoms with Gasteiger partial charge in [-0.05, 0) is 24.0 Å². The van der Waals surface area contributed by atoms with E-state index in [1.807, 2.05) is 48.5 Å². The third kappa shape index (κ3) is 4.51. The standard InChI is InChI=1S/C17H20O2/c18-16(12-11-14-7-3-1-4-8-14)13-17(19)15-9-5-2-6-10-15/h1-10,16-19H,11-13H2/t16-,17+/m1/s1. The van der Waals surface area contributed by atoms with Crippen molar-refractivity contribution < 1.29 is 10.2 Å². The number of hydrogen-bond acceptors (Lipinski definition) is 2. The zero-order chi connectivity index (χ0) is 13.5. The molecule has 0 aliphatic rings. The molecule has 0 bridgehead atoms. The molecule has 0 unspecified atom stereocenters. The first-order chi connectivity index (χ1) is 9.25. The highest BCUT2D eigenvalue weighted by Crippen LogP contribution is 2.19. The van der Waals surface area contributed by atoms with Gasteiger partial charge in [-0.25, -0.2) is 0 Å². The lowest BCUT2D eigenvalue weighted by molar-refractivity contribution is 0.0757. The summed E-state index contributed by atoms with van der Waals surface area (Å²) in [4.78, 5) is 0. The van der Waals surface area contributed by atoms with Crippen LogP contribution in [0.1, 0.15) is 30.1 Å². The lowest BCUT2D eigenvalue weighted by Gasteiger charge is -2.16. The van der Waals surface area contributed by atoms with Gasteiger partial charge in [-0.15, -0.1) is 0 Å². The van der Waals surface area contributed by atoms with E-state index in [1.54, 1.807) is 0 Å². The molecule has 0 saturated heterocycles. The molecule has 2 N–H and O–H groups in total. The Morgan fingerprint density at radius 1 is 0.789 bits per heavy atom. The molecular formula is C17H20O2. The molecule has 0 amide bonds. The molecular weight excluding hydrogens is 236 g/mol. The number of aliphatic hydroxyl groups is 2. The van der Waals surface area contributed by atoms with Gasteiger partial charge in [0.2, 0.25) is 0 Å². The van der Waals surface area contributed by atoms with Crippen LogP contribution in [-0.2, 0) is 6.42 Å². The second kappa shape index (κ2) is 7.07. The average Bonchev–Trinajstić information content (AvgIpc) is 2.47. The van der Waals surface area contributed by atoms with Gasteiger partial charge < -0.3 is 10.2 Å². The molecule has 2 aromatic rings. The van der Waals surface area contributed by atoms with E-state index >= 15 is 0 Å². The summed E-state index contributed by atoms with van der Waals surface area (Å²) in [5.74, 6) is 0. The van der Waals surface area contributed by atoms with E-state index in [-0.39, 0.29) is 0 Å². The average molecular weight is 256 g/mol. The minimum atomic E-state index is -0.591. The number of aryl methyl sites for hydroxylation is 1. The van der Waals surface area contributed by atoms with Crippen molar-refractivity contribution in [2.24, 2.45) is 0 Å². The van der Waals surface area contributed by atoms with E-state index in [0.29, 0.717) is 12.8 Å². The van der Waals surface area contributed by atoms with Crippen molar-refractivity contribution in [1.29, 1.82) is 0 Å². The van der Waals surface area contributed by atoms with Crippen LogP contribution in [0.2, 0.25) is 0 Å². The van der Waals surface area contributed by atoms with Crippen molar-refractivity contribution in [2.45, 2.75) is 31.5 Å². The Labute approximate surface area is 114 Å². The fourth-order valence-electron chi connectivity index (χ4n) is 2.16. The lowest BCUT2D eigenvalue weighted by atomic mass is 9.99. The zero-order valence-electron chi connectivity index (χ0n) is 10.9. The topological polar surface area (TPSA) is 40.5 Å². The fraction of sp³-hybridized carbons (Fsp3) is 0.294. The van der Waals surface area contributed by atoms with Gasteiger partial charge in [0.15, 0.2) is 0 Å². The van der Waals surface area contributed by atoms with E-state index in [9.17, 15) is 10.2 Å². The van der Waals surface area contributed by atoms with Crippen molar-refractivity contribution >= 4 is 0 Å². The third-order valence-corrected chi connectivity index (χ3v) is 3.29. The number of hydrogen-bond donors (Lipinski definition) is 2. The summed E-state index contributed by atoms with van der Waals surface area (Å²) in [5, 5.41) is 20.0. The third-order valence-electron chi connectivity index (χ3n) is 3.29. The molecule has 0 aromatic heterocycles. The van der Waals surface area contributed by atoms with E-state index in [0.717, 1.165) is 12.0 Å². The monoisotopic (exact) mass is 256 g/mol. The molecule has 100 valence electrons. The van der Waals surface area contributed by atoms with E-state index < -0.39 is 12.2 Å².